The van der Waals surface area contributed by atoms with Gasteiger partial charge in [-0.3, -0.25) is 4.98 Å². The number of aryl methyl sites for hydroxylation is 1. The summed E-state index contributed by atoms with van der Waals surface area (Å²) in [6.07, 6.45) is 2.86. The van der Waals surface area contributed by atoms with Crippen molar-refractivity contribution in [3.63, 3.8) is 0 Å². The molecule has 0 bridgehead atoms. The van der Waals surface area contributed by atoms with E-state index in [4.69, 9.17) is 0 Å². The predicted molar refractivity (Wildman–Crippen MR) is 59.1 cm³/mol. The van der Waals surface area contributed by atoms with Crippen LogP contribution >= 0.6 is 0 Å². The Morgan fingerprint density at radius 1 is 1.00 bits per heavy atom. The second kappa shape index (κ2) is 4.05. The SMILES string of the molecule is CCc1cc(-c2ccccc2)ccn1. The van der Waals surface area contributed by atoms with Crippen LogP contribution in [0.2, 0.25) is 0 Å². The van der Waals surface area contributed by atoms with E-state index >= 15 is 0 Å². The van der Waals surface area contributed by atoms with Gasteiger partial charge >= 0.3 is 0 Å². The Bertz CT molecular complexity index is 407. The van der Waals surface area contributed by atoms with Gasteiger partial charge in [0.15, 0.2) is 0 Å². The van der Waals surface area contributed by atoms with Gasteiger partial charge in [0, 0.05) is 11.9 Å². The highest BCUT2D eigenvalue weighted by Gasteiger charge is 1.97. The van der Waals surface area contributed by atoms with Crippen LogP contribution < -0.4 is 0 Å². The van der Waals surface area contributed by atoms with E-state index in [0.29, 0.717) is 0 Å². The molecule has 0 aliphatic carbocycles. The van der Waals surface area contributed by atoms with Gasteiger partial charge in [-0.1, -0.05) is 37.3 Å². The number of rotatable bonds is 2. The van der Waals surface area contributed by atoms with Crippen LogP contribution in [-0.4, -0.2) is 4.98 Å². The van der Waals surface area contributed by atoms with Gasteiger partial charge in [-0.05, 0) is 29.7 Å². The van der Waals surface area contributed by atoms with Gasteiger partial charge in [-0.2, -0.15) is 0 Å². The quantitative estimate of drug-likeness (QED) is 0.696. The van der Waals surface area contributed by atoms with Gasteiger partial charge in [0.25, 0.3) is 0 Å². The summed E-state index contributed by atoms with van der Waals surface area (Å²) in [6.45, 7) is 2.12. The first-order chi connectivity index (χ1) is 6.90. The largest absolute Gasteiger partial charge is 0.261 e. The lowest BCUT2D eigenvalue weighted by molar-refractivity contribution is 1.04. The molecule has 1 aromatic carbocycles. The van der Waals surface area contributed by atoms with Crippen LogP contribution in [0.3, 0.4) is 0 Å². The molecule has 0 radical (unpaired) electrons. The predicted octanol–water partition coefficient (Wildman–Crippen LogP) is 3.31. The molecule has 0 aliphatic heterocycles. The summed E-state index contributed by atoms with van der Waals surface area (Å²) in [5.41, 5.74) is 3.65. The fourth-order valence-electron chi connectivity index (χ4n) is 1.48. The third kappa shape index (κ3) is 1.82. The summed E-state index contributed by atoms with van der Waals surface area (Å²) in [4.78, 5) is 4.28. The summed E-state index contributed by atoms with van der Waals surface area (Å²) < 4.78 is 0. The highest BCUT2D eigenvalue weighted by molar-refractivity contribution is 5.63. The number of hydrogen-bond acceptors (Lipinski definition) is 1. The minimum absolute atomic E-state index is 0.987. The van der Waals surface area contributed by atoms with E-state index < -0.39 is 0 Å². The van der Waals surface area contributed by atoms with Crippen LogP contribution in [0.4, 0.5) is 0 Å². The molecule has 2 aromatic rings. The standard InChI is InChI=1S/C13H13N/c1-2-13-10-12(8-9-14-13)11-6-4-3-5-7-11/h3-10H,2H2,1H3. The molecule has 1 aromatic heterocycles. The minimum atomic E-state index is 0.987. The molecule has 0 amide bonds. The van der Waals surface area contributed by atoms with Gasteiger partial charge in [0.1, 0.15) is 0 Å². The summed E-state index contributed by atoms with van der Waals surface area (Å²) in [5.74, 6) is 0. The molecular formula is C13H13N. The fraction of sp³-hybridized carbons (Fsp3) is 0.154. The summed E-state index contributed by atoms with van der Waals surface area (Å²) in [5, 5.41) is 0. The van der Waals surface area contributed by atoms with Crippen molar-refractivity contribution in [2.45, 2.75) is 13.3 Å². The molecule has 0 unspecified atom stereocenters. The molecule has 0 aliphatic rings. The average molecular weight is 183 g/mol. The molecule has 0 saturated heterocycles. The van der Waals surface area contributed by atoms with Crippen molar-refractivity contribution in [1.82, 2.24) is 4.98 Å². The molecule has 70 valence electrons. The van der Waals surface area contributed by atoms with Crippen LogP contribution in [0.15, 0.2) is 48.7 Å². The monoisotopic (exact) mass is 183 g/mol. The van der Waals surface area contributed by atoms with Crippen LogP contribution in [0, 0.1) is 0 Å². The maximum absolute atomic E-state index is 4.28. The average Bonchev–Trinajstić information content (AvgIpc) is 2.30. The van der Waals surface area contributed by atoms with Crippen molar-refractivity contribution in [1.29, 1.82) is 0 Å². The highest BCUT2D eigenvalue weighted by Crippen LogP contribution is 2.18. The minimum Gasteiger partial charge on any atom is -0.261 e. The van der Waals surface area contributed by atoms with Crippen LogP contribution in [0.25, 0.3) is 11.1 Å². The molecular weight excluding hydrogens is 170 g/mol. The molecule has 14 heavy (non-hydrogen) atoms. The zero-order valence-corrected chi connectivity index (χ0v) is 8.27. The molecule has 0 spiro atoms. The Hall–Kier alpha value is -1.63. The van der Waals surface area contributed by atoms with E-state index in [1.165, 1.54) is 11.1 Å². The van der Waals surface area contributed by atoms with Crippen molar-refractivity contribution < 1.29 is 0 Å². The van der Waals surface area contributed by atoms with E-state index in [1.807, 2.05) is 12.3 Å². The molecule has 0 saturated carbocycles. The molecule has 1 heterocycles. The number of nitrogens with zero attached hydrogens (tertiary/aromatic N) is 1. The highest BCUT2D eigenvalue weighted by atomic mass is 14.7. The third-order valence-electron chi connectivity index (χ3n) is 2.29. The molecule has 1 nitrogen and oxygen atoms in total. The Morgan fingerprint density at radius 2 is 1.79 bits per heavy atom. The molecule has 1 heteroatoms. The van der Waals surface area contributed by atoms with Crippen LogP contribution in [-0.2, 0) is 6.42 Å². The first kappa shape index (κ1) is 8.95. The topological polar surface area (TPSA) is 12.9 Å². The van der Waals surface area contributed by atoms with Gasteiger partial charge in [0.05, 0.1) is 0 Å². The Labute approximate surface area is 84.4 Å². The Balaban J connectivity index is 2.42. The van der Waals surface area contributed by atoms with E-state index in [-0.39, 0.29) is 0 Å². The zero-order chi connectivity index (χ0) is 9.80. The summed E-state index contributed by atoms with van der Waals surface area (Å²) in [6, 6.07) is 14.6. The normalized spacial score (nSPS) is 10.1. The lowest BCUT2D eigenvalue weighted by Crippen LogP contribution is -1.86. The second-order valence-corrected chi connectivity index (χ2v) is 3.26. The van der Waals surface area contributed by atoms with Crippen molar-refractivity contribution >= 4 is 0 Å². The third-order valence-corrected chi connectivity index (χ3v) is 2.29. The smallest absolute Gasteiger partial charge is 0.0407 e. The summed E-state index contributed by atoms with van der Waals surface area (Å²) in [7, 11) is 0. The van der Waals surface area contributed by atoms with Crippen molar-refractivity contribution in [3.8, 4) is 11.1 Å². The number of hydrogen-bond donors (Lipinski definition) is 0. The number of pyridine rings is 1. The molecule has 0 N–H and O–H groups in total. The maximum atomic E-state index is 4.28. The van der Waals surface area contributed by atoms with E-state index in [2.05, 4.69) is 48.3 Å². The van der Waals surface area contributed by atoms with E-state index in [1.54, 1.807) is 0 Å². The van der Waals surface area contributed by atoms with Crippen LogP contribution in [0.1, 0.15) is 12.6 Å². The maximum Gasteiger partial charge on any atom is 0.0407 e. The van der Waals surface area contributed by atoms with Crippen molar-refractivity contribution in [3.05, 3.63) is 54.4 Å². The van der Waals surface area contributed by atoms with E-state index in [0.717, 1.165) is 12.1 Å². The molecule has 2 rings (SSSR count). The van der Waals surface area contributed by atoms with Crippen LogP contribution in [0.5, 0.6) is 0 Å². The first-order valence-electron chi connectivity index (χ1n) is 4.90. The van der Waals surface area contributed by atoms with Gasteiger partial charge in [0.2, 0.25) is 0 Å². The molecule has 0 fully saturated rings. The number of aromatic nitrogens is 1. The van der Waals surface area contributed by atoms with Crippen molar-refractivity contribution in [2.24, 2.45) is 0 Å². The lowest BCUT2D eigenvalue weighted by Gasteiger charge is -2.02. The number of benzene rings is 1. The van der Waals surface area contributed by atoms with Gasteiger partial charge in [-0.15, -0.1) is 0 Å². The van der Waals surface area contributed by atoms with Gasteiger partial charge in [-0.25, -0.2) is 0 Å². The summed E-state index contributed by atoms with van der Waals surface area (Å²) >= 11 is 0. The van der Waals surface area contributed by atoms with Gasteiger partial charge < -0.3 is 0 Å². The first-order valence-corrected chi connectivity index (χ1v) is 4.90. The van der Waals surface area contributed by atoms with Crippen molar-refractivity contribution in [2.75, 3.05) is 0 Å². The Kier molecular flexibility index (Phi) is 2.59. The Morgan fingerprint density at radius 3 is 2.50 bits per heavy atom. The van der Waals surface area contributed by atoms with E-state index in [9.17, 15) is 0 Å². The second-order valence-electron chi connectivity index (χ2n) is 3.26. The zero-order valence-electron chi connectivity index (χ0n) is 8.27. The molecule has 0 atom stereocenters. The lowest BCUT2D eigenvalue weighted by atomic mass is 10.1. The fourth-order valence-corrected chi connectivity index (χ4v) is 1.48.